The van der Waals surface area contributed by atoms with Crippen LogP contribution < -0.4 is 15.4 Å². The van der Waals surface area contributed by atoms with Crippen LogP contribution in [0.15, 0.2) is 48.5 Å². The smallest absolute Gasteiger partial charge is 0.337 e. The molecule has 2 rings (SSSR count). The second-order valence-corrected chi connectivity index (χ2v) is 6.60. The molecule has 0 atom stereocenters. The summed E-state index contributed by atoms with van der Waals surface area (Å²) >= 11 is 5.12. The number of para-hydroxylation sites is 1. The largest absolute Gasteiger partial charge is 0.494 e. The molecule has 0 unspecified atom stereocenters. The molecular weight excluding hydrogens is 376 g/mol. The number of amides is 1. The minimum Gasteiger partial charge on any atom is -0.494 e. The molecule has 0 aliphatic heterocycles. The van der Waals surface area contributed by atoms with Gasteiger partial charge in [-0.15, -0.1) is 0 Å². The summed E-state index contributed by atoms with van der Waals surface area (Å²) in [5.41, 5.74) is 0.806. The molecule has 7 heteroatoms. The van der Waals surface area contributed by atoms with Gasteiger partial charge in [0.25, 0.3) is 5.91 Å². The standard InChI is InChI=1S/C21H24N2O4S/c1-2-3-4-7-14-27-16-12-10-15(11-13-16)19(24)23-21(28)22-18-9-6-5-8-17(18)20(25)26/h5-6,8-13H,2-4,7,14H2,1H3,(H,25,26)(H2,22,23,24,28). The van der Waals surface area contributed by atoms with Crippen molar-refractivity contribution in [2.75, 3.05) is 11.9 Å². The number of anilines is 1. The molecular formula is C21H24N2O4S. The van der Waals surface area contributed by atoms with E-state index in [2.05, 4.69) is 17.6 Å². The van der Waals surface area contributed by atoms with Crippen LogP contribution in [0.5, 0.6) is 5.75 Å². The van der Waals surface area contributed by atoms with Crippen molar-refractivity contribution in [3.8, 4) is 5.75 Å². The summed E-state index contributed by atoms with van der Waals surface area (Å²) in [6.45, 7) is 2.82. The minimum absolute atomic E-state index is 0.0231. The third kappa shape index (κ3) is 6.66. The SMILES string of the molecule is CCCCCCOc1ccc(C(=O)NC(=S)Nc2ccccc2C(=O)O)cc1. The third-order valence-corrected chi connectivity index (χ3v) is 4.22. The fraction of sp³-hybridized carbons (Fsp3) is 0.286. The fourth-order valence-electron chi connectivity index (χ4n) is 2.53. The third-order valence-electron chi connectivity index (χ3n) is 4.02. The van der Waals surface area contributed by atoms with E-state index < -0.39 is 5.97 Å². The van der Waals surface area contributed by atoms with Gasteiger partial charge < -0.3 is 15.2 Å². The summed E-state index contributed by atoms with van der Waals surface area (Å²) in [5.74, 6) is -0.758. The van der Waals surface area contributed by atoms with E-state index in [1.54, 1.807) is 42.5 Å². The Morgan fingerprint density at radius 3 is 2.43 bits per heavy atom. The van der Waals surface area contributed by atoms with Crippen LogP contribution in [0.1, 0.15) is 53.3 Å². The first kappa shape index (κ1) is 21.4. The Hall–Kier alpha value is -2.93. The van der Waals surface area contributed by atoms with Gasteiger partial charge in [0, 0.05) is 5.56 Å². The lowest BCUT2D eigenvalue weighted by Crippen LogP contribution is -2.34. The molecule has 0 saturated heterocycles. The average molecular weight is 401 g/mol. The second kappa shape index (κ2) is 11.0. The molecule has 2 aromatic rings. The number of rotatable bonds is 9. The van der Waals surface area contributed by atoms with Crippen LogP contribution in [0.25, 0.3) is 0 Å². The van der Waals surface area contributed by atoms with Crippen molar-refractivity contribution in [3.63, 3.8) is 0 Å². The molecule has 0 heterocycles. The number of nitrogens with one attached hydrogen (secondary N) is 2. The first-order valence-corrected chi connectivity index (χ1v) is 9.59. The van der Waals surface area contributed by atoms with Crippen LogP contribution >= 0.6 is 12.2 Å². The zero-order valence-electron chi connectivity index (χ0n) is 15.7. The van der Waals surface area contributed by atoms with Crippen molar-refractivity contribution < 1.29 is 19.4 Å². The summed E-state index contributed by atoms with van der Waals surface area (Å²) in [5, 5.41) is 14.5. The molecule has 0 aliphatic rings. The summed E-state index contributed by atoms with van der Waals surface area (Å²) in [7, 11) is 0. The number of unbranched alkanes of at least 4 members (excludes halogenated alkanes) is 3. The highest BCUT2D eigenvalue weighted by Crippen LogP contribution is 2.15. The molecule has 1 amide bonds. The van der Waals surface area contributed by atoms with Crippen molar-refractivity contribution in [2.24, 2.45) is 0 Å². The molecule has 0 saturated carbocycles. The second-order valence-electron chi connectivity index (χ2n) is 6.19. The van der Waals surface area contributed by atoms with Crippen molar-refractivity contribution in [1.82, 2.24) is 5.32 Å². The van der Waals surface area contributed by atoms with Gasteiger partial charge in [-0.25, -0.2) is 4.79 Å². The first-order chi connectivity index (χ1) is 13.5. The summed E-state index contributed by atoms with van der Waals surface area (Å²) in [4.78, 5) is 23.5. The Morgan fingerprint density at radius 1 is 1.04 bits per heavy atom. The van der Waals surface area contributed by atoms with E-state index in [1.807, 2.05) is 0 Å². The highest BCUT2D eigenvalue weighted by molar-refractivity contribution is 7.80. The average Bonchev–Trinajstić information content (AvgIpc) is 2.68. The number of benzene rings is 2. The number of carboxylic acids is 1. The molecule has 6 nitrogen and oxygen atoms in total. The maximum atomic E-state index is 12.3. The van der Waals surface area contributed by atoms with Crippen LogP contribution in [0, 0.1) is 0 Å². The van der Waals surface area contributed by atoms with Gasteiger partial charge in [-0.3, -0.25) is 10.1 Å². The van der Waals surface area contributed by atoms with Crippen molar-refractivity contribution in [2.45, 2.75) is 32.6 Å². The molecule has 148 valence electrons. The molecule has 0 bridgehead atoms. The van der Waals surface area contributed by atoms with Gasteiger partial charge in [0.05, 0.1) is 17.9 Å². The first-order valence-electron chi connectivity index (χ1n) is 9.18. The van der Waals surface area contributed by atoms with Crippen molar-refractivity contribution >= 4 is 34.9 Å². The number of thiocarbonyl (C=S) groups is 1. The topological polar surface area (TPSA) is 87.7 Å². The van der Waals surface area contributed by atoms with E-state index in [0.717, 1.165) is 12.8 Å². The monoisotopic (exact) mass is 400 g/mol. The lowest BCUT2D eigenvalue weighted by atomic mass is 10.2. The minimum atomic E-state index is -1.08. The quantitative estimate of drug-likeness (QED) is 0.425. The predicted octanol–water partition coefficient (Wildman–Crippen LogP) is 4.47. The van der Waals surface area contributed by atoms with E-state index in [1.165, 1.54) is 18.9 Å². The normalized spacial score (nSPS) is 10.2. The summed E-state index contributed by atoms with van der Waals surface area (Å²) in [6, 6.07) is 13.1. The lowest BCUT2D eigenvalue weighted by molar-refractivity contribution is 0.0697. The molecule has 2 aromatic carbocycles. The number of carboxylic acid groups (broad SMARTS) is 1. The van der Waals surface area contributed by atoms with Crippen molar-refractivity contribution in [1.29, 1.82) is 0 Å². The number of ether oxygens (including phenoxy) is 1. The van der Waals surface area contributed by atoms with Crippen LogP contribution in [-0.4, -0.2) is 28.7 Å². The van der Waals surface area contributed by atoms with Crippen LogP contribution in [-0.2, 0) is 0 Å². The van der Waals surface area contributed by atoms with Crippen LogP contribution in [0.4, 0.5) is 5.69 Å². The Bertz CT molecular complexity index is 821. The van der Waals surface area contributed by atoms with E-state index in [0.29, 0.717) is 23.6 Å². The van der Waals surface area contributed by atoms with Gasteiger partial charge in [-0.1, -0.05) is 38.3 Å². The van der Waals surface area contributed by atoms with Crippen molar-refractivity contribution in [3.05, 3.63) is 59.7 Å². The zero-order valence-corrected chi connectivity index (χ0v) is 16.6. The molecule has 0 spiro atoms. The van der Waals surface area contributed by atoms with Gasteiger partial charge >= 0.3 is 5.97 Å². The van der Waals surface area contributed by atoms with E-state index >= 15 is 0 Å². The Labute approximate surface area is 169 Å². The molecule has 0 aliphatic carbocycles. The zero-order chi connectivity index (χ0) is 20.4. The Kier molecular flexibility index (Phi) is 8.42. The van der Waals surface area contributed by atoms with Gasteiger partial charge in [0.2, 0.25) is 0 Å². The maximum absolute atomic E-state index is 12.3. The Balaban J connectivity index is 1.87. The van der Waals surface area contributed by atoms with Crippen LogP contribution in [0.3, 0.4) is 0 Å². The number of aromatic carboxylic acids is 1. The summed E-state index contributed by atoms with van der Waals surface area (Å²) in [6.07, 6.45) is 4.54. The number of carbonyl (C=O) groups is 2. The predicted molar refractivity (Wildman–Crippen MR) is 113 cm³/mol. The number of hydrogen-bond acceptors (Lipinski definition) is 4. The lowest BCUT2D eigenvalue weighted by Gasteiger charge is -2.12. The van der Waals surface area contributed by atoms with E-state index in [4.69, 9.17) is 17.0 Å². The number of carbonyl (C=O) groups excluding carboxylic acids is 1. The fourth-order valence-corrected chi connectivity index (χ4v) is 2.73. The molecule has 0 fully saturated rings. The Morgan fingerprint density at radius 2 is 1.75 bits per heavy atom. The maximum Gasteiger partial charge on any atom is 0.337 e. The molecule has 0 aromatic heterocycles. The van der Waals surface area contributed by atoms with E-state index in [9.17, 15) is 14.7 Å². The summed E-state index contributed by atoms with van der Waals surface area (Å²) < 4.78 is 5.66. The highest BCUT2D eigenvalue weighted by atomic mass is 32.1. The molecule has 28 heavy (non-hydrogen) atoms. The van der Waals surface area contributed by atoms with Gasteiger partial charge in [0.15, 0.2) is 5.11 Å². The molecule has 0 radical (unpaired) electrons. The van der Waals surface area contributed by atoms with Gasteiger partial charge in [-0.05, 0) is 55.0 Å². The number of hydrogen-bond donors (Lipinski definition) is 3. The molecule has 3 N–H and O–H groups in total. The highest BCUT2D eigenvalue weighted by Gasteiger charge is 2.12. The van der Waals surface area contributed by atoms with Gasteiger partial charge in [0.1, 0.15) is 5.75 Å². The van der Waals surface area contributed by atoms with E-state index in [-0.39, 0.29) is 16.6 Å². The van der Waals surface area contributed by atoms with Crippen LogP contribution in [0.2, 0.25) is 0 Å². The van der Waals surface area contributed by atoms with Gasteiger partial charge in [-0.2, -0.15) is 0 Å².